The fraction of sp³-hybridized carbons (Fsp3) is 0.500. The Labute approximate surface area is 159 Å². The van der Waals surface area contributed by atoms with Crippen molar-refractivity contribution < 1.29 is 22.7 Å². The van der Waals surface area contributed by atoms with Crippen LogP contribution >= 0.6 is 0 Å². The number of carbonyl (C=O) groups is 1. The lowest BCUT2D eigenvalue weighted by atomic mass is 10.0. The van der Waals surface area contributed by atoms with E-state index in [4.69, 9.17) is 0 Å². The summed E-state index contributed by atoms with van der Waals surface area (Å²) < 4.78 is 45.0. The zero-order valence-corrected chi connectivity index (χ0v) is 15.6. The molecule has 7 nitrogen and oxygen atoms in total. The van der Waals surface area contributed by atoms with Gasteiger partial charge in [0.25, 0.3) is 0 Å². The summed E-state index contributed by atoms with van der Waals surface area (Å²) >= 11 is 0. The lowest BCUT2D eigenvalue weighted by molar-refractivity contribution is -0.147. The Bertz CT molecular complexity index is 894. The summed E-state index contributed by atoms with van der Waals surface area (Å²) in [6.07, 6.45) is -3.58. The molecule has 152 valence electrons. The van der Waals surface area contributed by atoms with Crippen LogP contribution in [-0.4, -0.2) is 45.4 Å². The standard InChI is InChI=1S/C18H21F3N4O3/c1-23-16(18(19,20)21)22-25(17(23)27)14-7-9-24(10-8-14)11-12-3-5-13(6-4-12)15(26)28-2/h3-6,14H,7-11H2,1-2H3. The highest BCUT2D eigenvalue weighted by Crippen LogP contribution is 2.28. The van der Waals surface area contributed by atoms with Crippen LogP contribution in [0.5, 0.6) is 0 Å². The molecule has 1 aliphatic heterocycles. The topological polar surface area (TPSA) is 69.4 Å². The molecule has 0 N–H and O–H groups in total. The summed E-state index contributed by atoms with van der Waals surface area (Å²) in [5, 5.41) is 3.53. The van der Waals surface area contributed by atoms with Gasteiger partial charge in [-0.1, -0.05) is 12.1 Å². The first-order valence-corrected chi connectivity index (χ1v) is 8.83. The number of carbonyl (C=O) groups excluding carboxylic acids is 1. The molecule has 1 saturated heterocycles. The van der Waals surface area contributed by atoms with E-state index < -0.39 is 23.7 Å². The fourth-order valence-corrected chi connectivity index (χ4v) is 3.39. The highest BCUT2D eigenvalue weighted by atomic mass is 19.4. The van der Waals surface area contributed by atoms with Gasteiger partial charge in [-0.3, -0.25) is 9.47 Å². The van der Waals surface area contributed by atoms with Crippen molar-refractivity contribution in [3.8, 4) is 0 Å². The number of aromatic nitrogens is 3. The normalized spacial score (nSPS) is 16.3. The third kappa shape index (κ3) is 4.11. The van der Waals surface area contributed by atoms with E-state index in [0.29, 0.717) is 42.6 Å². The molecule has 0 bridgehead atoms. The van der Waals surface area contributed by atoms with E-state index >= 15 is 0 Å². The SMILES string of the molecule is COC(=O)c1ccc(CN2CCC(n3nc(C(F)(F)F)n(C)c3=O)CC2)cc1. The summed E-state index contributed by atoms with van der Waals surface area (Å²) in [5.74, 6) is -1.57. The monoisotopic (exact) mass is 398 g/mol. The number of rotatable bonds is 4. The molecule has 0 atom stereocenters. The molecule has 0 amide bonds. The maximum Gasteiger partial charge on any atom is 0.451 e. The molecule has 1 aliphatic rings. The molecule has 0 radical (unpaired) electrons. The number of nitrogens with zero attached hydrogens (tertiary/aromatic N) is 4. The number of likely N-dealkylation sites (tertiary alicyclic amines) is 1. The Morgan fingerprint density at radius 1 is 1.21 bits per heavy atom. The second-order valence-electron chi connectivity index (χ2n) is 6.80. The largest absolute Gasteiger partial charge is 0.465 e. The number of benzene rings is 1. The van der Waals surface area contributed by atoms with Crippen LogP contribution in [0.2, 0.25) is 0 Å². The van der Waals surface area contributed by atoms with Gasteiger partial charge in [0.05, 0.1) is 18.7 Å². The minimum Gasteiger partial charge on any atom is -0.465 e. The van der Waals surface area contributed by atoms with Gasteiger partial charge in [0, 0.05) is 26.7 Å². The van der Waals surface area contributed by atoms with E-state index in [2.05, 4.69) is 14.7 Å². The summed E-state index contributed by atoms with van der Waals surface area (Å²) in [5.41, 5.74) is 0.740. The summed E-state index contributed by atoms with van der Waals surface area (Å²) in [7, 11) is 2.41. The van der Waals surface area contributed by atoms with Gasteiger partial charge in [-0.2, -0.15) is 13.2 Å². The predicted octanol–water partition coefficient (Wildman–Crippen LogP) is 2.22. The van der Waals surface area contributed by atoms with Crippen molar-refractivity contribution in [2.45, 2.75) is 31.6 Å². The molecule has 10 heteroatoms. The van der Waals surface area contributed by atoms with Crippen molar-refractivity contribution in [2.75, 3.05) is 20.2 Å². The average Bonchev–Trinajstić information content (AvgIpc) is 2.98. The number of esters is 1. The molecule has 0 unspecified atom stereocenters. The van der Waals surface area contributed by atoms with Crippen LogP contribution in [-0.2, 0) is 24.5 Å². The maximum absolute atomic E-state index is 12.9. The molecule has 0 aliphatic carbocycles. The first kappa shape index (κ1) is 20.1. The Balaban J connectivity index is 1.62. The van der Waals surface area contributed by atoms with Gasteiger partial charge in [0.2, 0.25) is 5.82 Å². The molecular weight excluding hydrogens is 377 g/mol. The van der Waals surface area contributed by atoms with Crippen LogP contribution in [0.15, 0.2) is 29.1 Å². The lowest BCUT2D eigenvalue weighted by Gasteiger charge is -2.31. The van der Waals surface area contributed by atoms with Gasteiger partial charge in [0.1, 0.15) is 0 Å². The number of halogens is 3. The number of methoxy groups -OCH3 is 1. The first-order valence-electron chi connectivity index (χ1n) is 8.83. The fourth-order valence-electron chi connectivity index (χ4n) is 3.39. The Hall–Kier alpha value is -2.62. The van der Waals surface area contributed by atoms with Crippen LogP contribution in [0.25, 0.3) is 0 Å². The highest BCUT2D eigenvalue weighted by molar-refractivity contribution is 5.89. The van der Waals surface area contributed by atoms with Crippen molar-refractivity contribution >= 4 is 5.97 Å². The second-order valence-corrected chi connectivity index (χ2v) is 6.80. The van der Waals surface area contributed by atoms with Crippen LogP contribution in [0.4, 0.5) is 13.2 Å². The zero-order chi connectivity index (χ0) is 20.5. The molecule has 1 aromatic carbocycles. The number of ether oxygens (including phenoxy) is 1. The lowest BCUT2D eigenvalue weighted by Crippen LogP contribution is -2.37. The molecule has 1 fully saturated rings. The van der Waals surface area contributed by atoms with E-state index in [1.54, 1.807) is 12.1 Å². The van der Waals surface area contributed by atoms with Gasteiger partial charge in [-0.25, -0.2) is 14.3 Å². The number of piperidine rings is 1. The van der Waals surface area contributed by atoms with Crippen LogP contribution in [0.1, 0.15) is 40.6 Å². The van der Waals surface area contributed by atoms with E-state index in [1.165, 1.54) is 7.11 Å². The van der Waals surface area contributed by atoms with Gasteiger partial charge < -0.3 is 4.74 Å². The summed E-state index contributed by atoms with van der Waals surface area (Å²) in [4.78, 5) is 25.7. The van der Waals surface area contributed by atoms with Crippen molar-refractivity contribution in [2.24, 2.45) is 7.05 Å². The van der Waals surface area contributed by atoms with E-state index in [1.807, 2.05) is 12.1 Å². The maximum atomic E-state index is 12.9. The van der Waals surface area contributed by atoms with Crippen molar-refractivity contribution in [3.05, 3.63) is 51.7 Å². The van der Waals surface area contributed by atoms with Crippen molar-refractivity contribution in [3.63, 3.8) is 0 Å². The van der Waals surface area contributed by atoms with Gasteiger partial charge in [0.15, 0.2) is 0 Å². The molecular formula is C18H21F3N4O3. The van der Waals surface area contributed by atoms with Crippen molar-refractivity contribution in [1.82, 2.24) is 19.2 Å². The Morgan fingerprint density at radius 3 is 2.32 bits per heavy atom. The smallest absolute Gasteiger partial charge is 0.451 e. The minimum atomic E-state index is -4.66. The number of hydrogen-bond acceptors (Lipinski definition) is 5. The van der Waals surface area contributed by atoms with Gasteiger partial charge in [-0.15, -0.1) is 5.10 Å². The van der Waals surface area contributed by atoms with E-state index in [9.17, 15) is 22.8 Å². The van der Waals surface area contributed by atoms with E-state index in [-0.39, 0.29) is 6.04 Å². The summed E-state index contributed by atoms with van der Waals surface area (Å²) in [6.45, 7) is 1.92. The molecule has 1 aromatic heterocycles. The quantitative estimate of drug-likeness (QED) is 0.739. The Kier molecular flexibility index (Phi) is 5.59. The Morgan fingerprint density at radius 2 is 1.82 bits per heavy atom. The molecule has 0 saturated carbocycles. The zero-order valence-electron chi connectivity index (χ0n) is 15.6. The van der Waals surface area contributed by atoms with E-state index in [0.717, 1.165) is 17.3 Å². The van der Waals surface area contributed by atoms with Gasteiger partial charge >= 0.3 is 17.8 Å². The second kappa shape index (κ2) is 7.78. The van der Waals surface area contributed by atoms with Crippen LogP contribution < -0.4 is 5.69 Å². The average molecular weight is 398 g/mol. The predicted molar refractivity (Wildman–Crippen MR) is 93.8 cm³/mol. The third-order valence-electron chi connectivity index (χ3n) is 4.94. The molecule has 28 heavy (non-hydrogen) atoms. The summed E-state index contributed by atoms with van der Waals surface area (Å²) in [6, 6.07) is 6.72. The third-order valence-corrected chi connectivity index (χ3v) is 4.94. The minimum absolute atomic E-state index is 0.354. The number of alkyl halides is 3. The molecule has 2 heterocycles. The van der Waals surface area contributed by atoms with Crippen molar-refractivity contribution in [1.29, 1.82) is 0 Å². The molecule has 2 aromatic rings. The highest BCUT2D eigenvalue weighted by Gasteiger charge is 2.39. The first-order chi connectivity index (χ1) is 13.2. The number of hydrogen-bond donors (Lipinski definition) is 0. The van der Waals surface area contributed by atoms with Crippen LogP contribution in [0.3, 0.4) is 0 Å². The van der Waals surface area contributed by atoms with Crippen LogP contribution in [0, 0.1) is 0 Å². The molecule has 3 rings (SSSR count). The van der Waals surface area contributed by atoms with Gasteiger partial charge in [-0.05, 0) is 30.5 Å². The molecule has 0 spiro atoms.